The molecule has 0 spiro atoms. The second kappa shape index (κ2) is 10.5. The molecule has 9 heteroatoms. The number of hydrogen-bond donors (Lipinski definition) is 2. The normalized spacial score (nSPS) is 18.8. The Hall–Kier alpha value is -3.07. The number of amides is 1. The number of aromatic nitrogens is 4. The van der Waals surface area contributed by atoms with Crippen LogP contribution in [0, 0.1) is 11.8 Å². The molecule has 2 N–H and O–H groups in total. The van der Waals surface area contributed by atoms with Crippen molar-refractivity contribution in [2.24, 2.45) is 11.8 Å². The number of tetrazole rings is 1. The van der Waals surface area contributed by atoms with Crippen LogP contribution in [0.2, 0.25) is 0 Å². The lowest BCUT2D eigenvalue weighted by atomic mass is 10.1. The number of ether oxygens (including phenoxy) is 1. The molecule has 2 unspecified atom stereocenters. The molecule has 0 saturated heterocycles. The van der Waals surface area contributed by atoms with Gasteiger partial charge in [-0.2, -0.15) is 0 Å². The van der Waals surface area contributed by atoms with Gasteiger partial charge in [-0.3, -0.25) is 10.1 Å². The minimum atomic E-state index is -0.447. The van der Waals surface area contributed by atoms with Crippen molar-refractivity contribution >= 4 is 28.9 Å². The number of anilines is 1. The minimum absolute atomic E-state index is 0. The van der Waals surface area contributed by atoms with Gasteiger partial charge in [0.2, 0.25) is 5.82 Å². The zero-order valence-corrected chi connectivity index (χ0v) is 19.0. The monoisotopic (exact) mass is 456 g/mol. The lowest BCUT2D eigenvalue weighted by Gasteiger charge is -2.11. The summed E-state index contributed by atoms with van der Waals surface area (Å²) < 4.78 is 7.23. The Balaban J connectivity index is 0.00000204. The number of nitrogens with one attached hydrogen (secondary N) is 2. The topological polar surface area (TPSA) is 94.0 Å². The number of fused-ring (bicyclic) bond motifs is 1. The van der Waals surface area contributed by atoms with Gasteiger partial charge in [0.05, 0.1) is 13.2 Å². The van der Waals surface area contributed by atoms with Crippen LogP contribution in [0.25, 0.3) is 0 Å². The Labute approximate surface area is 196 Å². The fourth-order valence-electron chi connectivity index (χ4n) is 3.69. The second-order valence-electron chi connectivity index (χ2n) is 8.17. The van der Waals surface area contributed by atoms with Gasteiger partial charge in [0, 0.05) is 8.54 Å². The Morgan fingerprint density at radius 1 is 1.28 bits per heavy atom. The molecule has 0 bridgehead atoms. The highest BCUT2D eigenvalue weighted by molar-refractivity contribution is 7.80. The summed E-state index contributed by atoms with van der Waals surface area (Å²) in [6, 6.07) is 7.46. The van der Waals surface area contributed by atoms with Crippen molar-refractivity contribution in [2.45, 2.75) is 45.6 Å². The molecule has 2 atom stereocenters. The van der Waals surface area contributed by atoms with E-state index in [1.54, 1.807) is 0 Å². The first kappa shape index (κ1) is 22.1. The third-order valence-electron chi connectivity index (χ3n) is 5.55. The fourth-order valence-corrected chi connectivity index (χ4v) is 3.91. The molecule has 2 aliphatic rings. The average Bonchev–Trinajstić information content (AvgIpc) is 3.38. The molecule has 1 saturated carbocycles. The number of rotatable bonds is 9. The van der Waals surface area contributed by atoms with E-state index in [-0.39, 0.29) is 13.8 Å². The Kier molecular flexibility index (Phi) is 7.26. The number of nitrogens with zero attached hydrogens (tertiary/aromatic N) is 4. The van der Waals surface area contributed by atoms with Crippen LogP contribution < -0.4 is 15.4 Å². The molecule has 1 aromatic heterocycles. The molecular formula is C23H32N6O2S. The number of allylic oxidation sites excluding steroid dienone is 4. The third kappa shape index (κ3) is 6.00. The van der Waals surface area contributed by atoms with E-state index in [1.165, 1.54) is 16.7 Å². The zero-order valence-electron chi connectivity index (χ0n) is 18.2. The van der Waals surface area contributed by atoms with E-state index >= 15 is 0 Å². The van der Waals surface area contributed by atoms with Gasteiger partial charge < -0.3 is 10.1 Å². The summed E-state index contributed by atoms with van der Waals surface area (Å²) in [6.45, 7) is 3.36. The van der Waals surface area contributed by atoms with Crippen LogP contribution >= 0.6 is 12.2 Å². The van der Waals surface area contributed by atoms with E-state index in [1.807, 2.05) is 24.3 Å². The molecule has 0 radical (unpaired) electrons. The van der Waals surface area contributed by atoms with Crippen LogP contribution in [0.1, 0.15) is 52.5 Å². The quantitative estimate of drug-likeness (QED) is 0.328. The van der Waals surface area contributed by atoms with Crippen molar-refractivity contribution in [1.82, 2.24) is 25.5 Å². The maximum absolute atomic E-state index is 12.7. The van der Waals surface area contributed by atoms with Crippen LogP contribution in [0.4, 0.5) is 5.69 Å². The Morgan fingerprint density at radius 3 is 2.94 bits per heavy atom. The van der Waals surface area contributed by atoms with Gasteiger partial charge in [-0.25, -0.2) is 4.68 Å². The highest BCUT2D eigenvalue weighted by Crippen LogP contribution is 2.43. The van der Waals surface area contributed by atoms with Crippen LogP contribution in [0.3, 0.4) is 0 Å². The van der Waals surface area contributed by atoms with Gasteiger partial charge >= 0.3 is 0 Å². The number of carbonyl (C=O) groups is 1. The first-order valence-electron chi connectivity index (χ1n) is 11.1. The van der Waals surface area contributed by atoms with Gasteiger partial charge in [-0.15, -0.1) is 5.10 Å². The average molecular weight is 457 g/mol. The molecule has 172 valence electrons. The van der Waals surface area contributed by atoms with Crippen LogP contribution in [0.5, 0.6) is 5.75 Å². The van der Waals surface area contributed by atoms with Crippen molar-refractivity contribution in [3.8, 4) is 5.75 Å². The van der Waals surface area contributed by atoms with E-state index in [2.05, 4.69) is 51.3 Å². The maximum atomic E-state index is 12.7. The van der Waals surface area contributed by atoms with Crippen LogP contribution in [-0.2, 0) is 6.54 Å². The van der Waals surface area contributed by atoms with E-state index in [9.17, 15) is 4.79 Å². The largest absolute Gasteiger partial charge is 0.494 e. The summed E-state index contributed by atoms with van der Waals surface area (Å²) in [4.78, 5) is 12.7. The molecule has 1 fully saturated rings. The van der Waals surface area contributed by atoms with Crippen molar-refractivity contribution < 1.29 is 12.4 Å². The van der Waals surface area contributed by atoms with Crippen LogP contribution in [-0.4, -0.2) is 37.8 Å². The van der Waals surface area contributed by atoms with Gasteiger partial charge in [0.15, 0.2) is 5.11 Å². The molecule has 1 amide bonds. The highest BCUT2D eigenvalue weighted by Gasteiger charge is 2.34. The maximum Gasteiger partial charge on any atom is 0.296 e. The number of benzene rings is 1. The summed E-state index contributed by atoms with van der Waals surface area (Å²) in [5, 5.41) is 17.4. The number of hydrogen-bond acceptors (Lipinski definition) is 6. The first-order valence-corrected chi connectivity index (χ1v) is 11.5. The molecule has 2 aliphatic carbocycles. The lowest BCUT2D eigenvalue weighted by molar-refractivity contribution is 0.0962. The Morgan fingerprint density at radius 2 is 2.12 bits per heavy atom. The van der Waals surface area contributed by atoms with Crippen LogP contribution in [0.15, 0.2) is 48.1 Å². The molecule has 1 heterocycles. The number of thiocarbonyl (C=S) groups is 1. The summed E-state index contributed by atoms with van der Waals surface area (Å²) in [6.07, 6.45) is 12.2. The number of unbranched alkanes of at least 4 members (excludes halogenated alkanes) is 2. The molecule has 1 aromatic carbocycles. The molecule has 4 rings (SSSR count). The van der Waals surface area contributed by atoms with Gasteiger partial charge in [0.1, 0.15) is 5.75 Å². The summed E-state index contributed by atoms with van der Waals surface area (Å²) in [7, 11) is 0. The standard InChI is InChI=1S/C23H28N6O2S.2H2/c1-2-3-4-12-31-20-10-8-19(9-11-20)24-23(32)25-22(30)21-26-27-28-29(21)15-16-6-5-7-17-14-18(17)13-16;;/h5,7-11,13,17-18H,2-4,6,12,14-15H2,1H3,(H2,24,25,30,32);2*1H. The van der Waals surface area contributed by atoms with E-state index in [4.69, 9.17) is 17.0 Å². The molecule has 8 nitrogen and oxygen atoms in total. The van der Waals surface area contributed by atoms with E-state index in [0.717, 1.165) is 37.1 Å². The zero-order chi connectivity index (χ0) is 22.3. The highest BCUT2D eigenvalue weighted by atomic mass is 32.1. The van der Waals surface area contributed by atoms with Gasteiger partial charge in [-0.1, -0.05) is 38.0 Å². The molecule has 32 heavy (non-hydrogen) atoms. The van der Waals surface area contributed by atoms with Crippen molar-refractivity contribution in [3.63, 3.8) is 0 Å². The smallest absolute Gasteiger partial charge is 0.296 e. The minimum Gasteiger partial charge on any atom is -0.494 e. The summed E-state index contributed by atoms with van der Waals surface area (Å²) in [5.74, 6) is 1.78. The van der Waals surface area contributed by atoms with Gasteiger partial charge in [0.25, 0.3) is 5.91 Å². The first-order chi connectivity index (χ1) is 15.6. The summed E-state index contributed by atoms with van der Waals surface area (Å²) >= 11 is 5.29. The third-order valence-corrected chi connectivity index (χ3v) is 5.75. The molecule has 2 aromatic rings. The van der Waals surface area contributed by atoms with E-state index in [0.29, 0.717) is 25.0 Å². The predicted octanol–water partition coefficient (Wildman–Crippen LogP) is 4.38. The fraction of sp³-hybridized carbons (Fsp3) is 0.435. The van der Waals surface area contributed by atoms with Crippen molar-refractivity contribution in [3.05, 3.63) is 53.9 Å². The molecule has 0 aliphatic heterocycles. The predicted molar refractivity (Wildman–Crippen MR) is 131 cm³/mol. The second-order valence-corrected chi connectivity index (χ2v) is 8.58. The SMILES string of the molecule is CCCCCOc1ccc(NC(=S)NC(=O)c2nnnn2CC2=CC3CC3C=CC2)cc1.[HH].[HH]. The van der Waals surface area contributed by atoms with E-state index < -0.39 is 5.91 Å². The number of carbonyl (C=O) groups excluding carboxylic acids is 1. The lowest BCUT2D eigenvalue weighted by Crippen LogP contribution is -2.36. The van der Waals surface area contributed by atoms with Crippen molar-refractivity contribution in [2.75, 3.05) is 11.9 Å². The Bertz CT molecular complexity index is 1020. The van der Waals surface area contributed by atoms with Gasteiger partial charge in [-0.05, 0) is 83.6 Å². The summed E-state index contributed by atoms with van der Waals surface area (Å²) in [5.41, 5.74) is 1.97. The molecular weight excluding hydrogens is 424 g/mol. The van der Waals surface area contributed by atoms with Crippen molar-refractivity contribution in [1.29, 1.82) is 0 Å².